The van der Waals surface area contributed by atoms with Gasteiger partial charge in [-0.05, 0) is 69.2 Å². The van der Waals surface area contributed by atoms with E-state index >= 15 is 8.78 Å². The van der Waals surface area contributed by atoms with E-state index in [-0.39, 0.29) is 17.4 Å². The van der Waals surface area contributed by atoms with Crippen LogP contribution in [0.3, 0.4) is 0 Å². The number of methoxy groups -OCH3 is 1. The first-order valence-electron chi connectivity index (χ1n) is 11.4. The van der Waals surface area contributed by atoms with Crippen LogP contribution in [0.25, 0.3) is 0 Å². The second-order valence-corrected chi connectivity index (χ2v) is 10.2. The Morgan fingerprint density at radius 2 is 1.85 bits per heavy atom. The number of carbonyl (C=O) groups is 1. The number of halogens is 2. The number of hydrogen-bond donors (Lipinski definition) is 1. The molecule has 1 aromatic rings. The lowest BCUT2D eigenvalue weighted by molar-refractivity contribution is -0.541. The van der Waals surface area contributed by atoms with Crippen molar-refractivity contribution in [3.05, 3.63) is 29.8 Å². The van der Waals surface area contributed by atoms with E-state index in [9.17, 15) is 9.90 Å². The molecule has 1 aromatic carbocycles. The first-order chi connectivity index (χ1) is 15.5. The Labute approximate surface area is 191 Å². The molecule has 1 saturated carbocycles. The number of Topliss-reactive ketones (excluding diaryl/α,β-unsaturated/α-hetero) is 1. The fraction of sp³-hybridized carbons (Fsp3) is 0.708. The van der Waals surface area contributed by atoms with Crippen LogP contribution in [0.4, 0.5) is 8.78 Å². The largest absolute Gasteiger partial charge is 0.497 e. The molecule has 33 heavy (non-hydrogen) atoms. The summed E-state index contributed by atoms with van der Waals surface area (Å²) in [7, 11) is 1.44. The average Bonchev–Trinajstić information content (AvgIpc) is 2.88. The second-order valence-electron chi connectivity index (χ2n) is 10.2. The van der Waals surface area contributed by atoms with E-state index in [0.29, 0.717) is 18.6 Å². The second kappa shape index (κ2) is 7.42. The molecule has 5 aliphatic rings. The van der Waals surface area contributed by atoms with E-state index in [2.05, 4.69) is 6.92 Å². The van der Waals surface area contributed by atoms with Crippen LogP contribution in [0.1, 0.15) is 56.8 Å². The SMILES string of the molecule is COc1ccc(C(=O)C(F)(F)C(O)[C@]2(C)O[C@@H]3O[C@]4(C)CC[C@H]5[C@H](C)CC[C@@H]2[C@@]35OO4)cc1. The summed E-state index contributed by atoms with van der Waals surface area (Å²) in [6.07, 6.45) is -0.865. The van der Waals surface area contributed by atoms with Gasteiger partial charge in [-0.1, -0.05) is 6.92 Å². The average molecular weight is 468 g/mol. The van der Waals surface area contributed by atoms with E-state index in [1.165, 1.54) is 38.3 Å². The molecule has 1 spiro atoms. The summed E-state index contributed by atoms with van der Waals surface area (Å²) in [5.74, 6) is -6.68. The van der Waals surface area contributed by atoms with Crippen molar-refractivity contribution in [2.75, 3.05) is 7.11 Å². The van der Waals surface area contributed by atoms with Crippen LogP contribution in [0.5, 0.6) is 5.75 Å². The number of carbonyl (C=O) groups excluding carboxylic acids is 1. The zero-order valence-electron chi connectivity index (χ0n) is 19.2. The Morgan fingerprint density at radius 3 is 2.52 bits per heavy atom. The van der Waals surface area contributed by atoms with Gasteiger partial charge in [0.1, 0.15) is 11.4 Å². The minimum atomic E-state index is -4.11. The molecular weight excluding hydrogens is 438 g/mol. The molecule has 5 fully saturated rings. The van der Waals surface area contributed by atoms with Gasteiger partial charge in [0, 0.05) is 17.9 Å². The maximum atomic E-state index is 15.5. The van der Waals surface area contributed by atoms with E-state index in [4.69, 9.17) is 24.0 Å². The summed E-state index contributed by atoms with van der Waals surface area (Å²) in [4.78, 5) is 24.4. The molecule has 1 unspecified atom stereocenters. The van der Waals surface area contributed by atoms with Crippen LogP contribution in [-0.4, -0.2) is 53.3 Å². The lowest BCUT2D eigenvalue weighted by Gasteiger charge is -2.51. The lowest BCUT2D eigenvalue weighted by Crippen LogP contribution is -2.64. The van der Waals surface area contributed by atoms with Gasteiger partial charge in [-0.3, -0.25) is 4.79 Å². The number of hydrogen-bond acceptors (Lipinski definition) is 7. The predicted octanol–water partition coefficient (Wildman–Crippen LogP) is 3.88. The van der Waals surface area contributed by atoms with E-state index < -0.39 is 47.0 Å². The molecule has 182 valence electrons. The van der Waals surface area contributed by atoms with Gasteiger partial charge in [-0.15, -0.1) is 0 Å². The van der Waals surface area contributed by atoms with Gasteiger partial charge in [0.2, 0.25) is 11.6 Å². The maximum Gasteiger partial charge on any atom is 0.337 e. The lowest BCUT2D eigenvalue weighted by atomic mass is 9.58. The number of aliphatic hydroxyl groups excluding tert-OH is 1. The van der Waals surface area contributed by atoms with Crippen LogP contribution in [0, 0.1) is 17.8 Å². The minimum Gasteiger partial charge on any atom is -0.497 e. The van der Waals surface area contributed by atoms with Gasteiger partial charge in [0.25, 0.3) is 0 Å². The third kappa shape index (κ3) is 3.13. The van der Waals surface area contributed by atoms with E-state index in [1.54, 1.807) is 6.92 Å². The molecule has 0 radical (unpaired) electrons. The standard InChI is InChI=1S/C24H30F2O7/c1-13-5-10-17-22(3,31-20-23(17)16(13)11-12-21(2,30-20)32-33-23)19(28)24(25,26)18(27)14-6-8-15(29-4)9-7-14/h6-9,13,16-17,19-20,28H,5,10-12H2,1-4H3/t13-,16+,17+,19?,20+,21+,22-,23-/m1/s1. The summed E-state index contributed by atoms with van der Waals surface area (Å²) in [5, 5.41) is 11.1. The molecule has 6 rings (SSSR count). The topological polar surface area (TPSA) is 83.5 Å². The van der Waals surface area contributed by atoms with Gasteiger partial charge >= 0.3 is 5.92 Å². The molecule has 1 N–H and O–H groups in total. The predicted molar refractivity (Wildman–Crippen MR) is 111 cm³/mol. The Balaban J connectivity index is 1.50. The monoisotopic (exact) mass is 468 g/mol. The van der Waals surface area contributed by atoms with Crippen LogP contribution in [0.15, 0.2) is 24.3 Å². The fourth-order valence-electron chi connectivity index (χ4n) is 6.42. The Bertz CT molecular complexity index is 939. The summed E-state index contributed by atoms with van der Waals surface area (Å²) < 4.78 is 48.3. The highest BCUT2D eigenvalue weighted by Gasteiger charge is 2.77. The highest BCUT2D eigenvalue weighted by atomic mass is 19.3. The first-order valence-corrected chi connectivity index (χ1v) is 11.4. The summed E-state index contributed by atoms with van der Waals surface area (Å²) >= 11 is 0. The fourth-order valence-corrected chi connectivity index (χ4v) is 6.42. The number of benzene rings is 1. The van der Waals surface area contributed by atoms with Crippen molar-refractivity contribution in [1.82, 2.24) is 0 Å². The molecule has 1 aliphatic carbocycles. The van der Waals surface area contributed by atoms with Crippen molar-refractivity contribution < 1.29 is 42.7 Å². The number of ketones is 1. The van der Waals surface area contributed by atoms with Crippen molar-refractivity contribution in [1.29, 1.82) is 0 Å². The Morgan fingerprint density at radius 1 is 1.15 bits per heavy atom. The van der Waals surface area contributed by atoms with Gasteiger partial charge in [0.15, 0.2) is 18.0 Å². The minimum absolute atomic E-state index is 0.0505. The molecule has 0 aromatic heterocycles. The zero-order chi connectivity index (χ0) is 23.8. The normalized spacial score (nSPS) is 43.0. The van der Waals surface area contributed by atoms with Gasteiger partial charge in [-0.25, -0.2) is 9.78 Å². The highest BCUT2D eigenvalue weighted by Crippen LogP contribution is 2.64. The third-order valence-electron chi connectivity index (χ3n) is 8.31. The molecule has 2 bridgehead atoms. The van der Waals surface area contributed by atoms with Crippen molar-refractivity contribution in [3.8, 4) is 5.75 Å². The quantitative estimate of drug-likeness (QED) is 0.519. The number of rotatable bonds is 5. The maximum absolute atomic E-state index is 15.5. The first kappa shape index (κ1) is 23.1. The number of fused-ring (bicyclic) bond motifs is 2. The highest BCUT2D eigenvalue weighted by molar-refractivity contribution is 6.02. The molecule has 9 heteroatoms. The van der Waals surface area contributed by atoms with E-state index in [0.717, 1.165) is 12.8 Å². The van der Waals surface area contributed by atoms with Crippen LogP contribution < -0.4 is 4.74 Å². The molecule has 0 amide bonds. The number of ether oxygens (including phenoxy) is 3. The van der Waals surface area contributed by atoms with Crippen molar-refractivity contribution >= 4 is 5.78 Å². The Hall–Kier alpha value is -1.65. The number of aliphatic hydroxyl groups is 1. The summed E-state index contributed by atoms with van der Waals surface area (Å²) in [5.41, 5.74) is -3.14. The van der Waals surface area contributed by atoms with Crippen LogP contribution in [0.2, 0.25) is 0 Å². The van der Waals surface area contributed by atoms with Crippen molar-refractivity contribution in [2.24, 2.45) is 17.8 Å². The molecule has 8 atom stereocenters. The third-order valence-corrected chi connectivity index (χ3v) is 8.31. The molecule has 4 saturated heterocycles. The van der Waals surface area contributed by atoms with Gasteiger partial charge in [0.05, 0.1) is 7.11 Å². The summed E-state index contributed by atoms with van der Waals surface area (Å²) in [6.45, 7) is 5.26. The summed E-state index contributed by atoms with van der Waals surface area (Å²) in [6, 6.07) is 5.35. The Kier molecular flexibility index (Phi) is 5.20. The molecule has 4 heterocycles. The van der Waals surface area contributed by atoms with Crippen LogP contribution in [-0.2, 0) is 19.2 Å². The smallest absolute Gasteiger partial charge is 0.337 e. The molecule has 4 aliphatic heterocycles. The van der Waals surface area contributed by atoms with Crippen molar-refractivity contribution in [3.63, 3.8) is 0 Å². The van der Waals surface area contributed by atoms with Gasteiger partial charge < -0.3 is 19.3 Å². The molecular formula is C24H30F2O7. The zero-order valence-corrected chi connectivity index (χ0v) is 19.2. The van der Waals surface area contributed by atoms with Crippen LogP contribution >= 0.6 is 0 Å². The van der Waals surface area contributed by atoms with Gasteiger partial charge in [-0.2, -0.15) is 8.78 Å². The molecule has 7 nitrogen and oxygen atoms in total. The number of alkyl halides is 2. The van der Waals surface area contributed by atoms with E-state index in [1.807, 2.05) is 0 Å². The van der Waals surface area contributed by atoms with Crippen molar-refractivity contribution in [2.45, 2.75) is 81.8 Å².